The highest BCUT2D eigenvalue weighted by Crippen LogP contribution is 2.40. The quantitative estimate of drug-likeness (QED) is 0.180. The van der Waals surface area contributed by atoms with E-state index in [9.17, 15) is 13.5 Å². The van der Waals surface area contributed by atoms with Crippen molar-refractivity contribution in [3.63, 3.8) is 0 Å². The summed E-state index contributed by atoms with van der Waals surface area (Å²) in [6, 6.07) is 12.8. The van der Waals surface area contributed by atoms with E-state index in [1.165, 1.54) is 25.4 Å². The van der Waals surface area contributed by atoms with Gasteiger partial charge in [0.25, 0.3) is 0 Å². The van der Waals surface area contributed by atoms with Crippen molar-refractivity contribution in [2.45, 2.75) is 57.8 Å². The summed E-state index contributed by atoms with van der Waals surface area (Å²) in [6.07, 6.45) is -1.41. The first kappa shape index (κ1) is 32.7. The lowest BCUT2D eigenvalue weighted by Crippen LogP contribution is -2.44. The highest BCUT2D eigenvalue weighted by Gasteiger charge is 2.40. The number of anilines is 1. The average molecular weight is 693 g/mol. The molecule has 11 nitrogen and oxygen atoms in total. The van der Waals surface area contributed by atoms with Crippen LogP contribution in [0.2, 0.25) is 25.7 Å². The van der Waals surface area contributed by atoms with Gasteiger partial charge in [-0.1, -0.05) is 25.7 Å². The number of methoxy groups -OCH3 is 2. The van der Waals surface area contributed by atoms with Crippen molar-refractivity contribution < 1.29 is 27.4 Å². The van der Waals surface area contributed by atoms with E-state index in [1.807, 2.05) is 0 Å². The molecule has 4 aromatic rings. The maximum Gasteiger partial charge on any atom is 0.246 e. The molecule has 0 saturated heterocycles. The number of pyridine rings is 1. The molecule has 0 aliphatic rings. The van der Waals surface area contributed by atoms with Gasteiger partial charge in [0.15, 0.2) is 5.76 Å². The van der Waals surface area contributed by atoms with Crippen molar-refractivity contribution in [2.75, 3.05) is 25.1 Å². The van der Waals surface area contributed by atoms with E-state index >= 15 is 0 Å². The van der Waals surface area contributed by atoms with Gasteiger partial charge in [0.05, 0.1) is 25.6 Å². The van der Waals surface area contributed by atoms with Gasteiger partial charge in [0.1, 0.15) is 34.3 Å². The normalized spacial score (nSPS) is 13.5. The van der Waals surface area contributed by atoms with Gasteiger partial charge in [-0.15, -0.1) is 10.2 Å². The molecule has 1 N–H and O–H groups in total. The number of hydrogen-bond donors (Lipinski definition) is 1. The second kappa shape index (κ2) is 12.8. The average Bonchev–Trinajstić information content (AvgIpc) is 3.58. The van der Waals surface area contributed by atoms with Crippen molar-refractivity contribution >= 4 is 40.0 Å². The Kier molecular flexibility index (Phi) is 9.74. The van der Waals surface area contributed by atoms with Crippen LogP contribution in [-0.2, 0) is 10.0 Å². The summed E-state index contributed by atoms with van der Waals surface area (Å²) >= 11 is 3.41. The molecule has 14 heteroatoms. The summed E-state index contributed by atoms with van der Waals surface area (Å²) in [7, 11) is -2.99. The first-order chi connectivity index (χ1) is 20.2. The number of rotatable bonds is 12. The molecule has 0 saturated carbocycles. The van der Waals surface area contributed by atoms with Gasteiger partial charge in [-0.3, -0.25) is 9.55 Å². The first-order valence-corrected chi connectivity index (χ1v) is 19.8. The molecule has 43 heavy (non-hydrogen) atoms. The largest absolute Gasteiger partial charge is 0.494 e. The van der Waals surface area contributed by atoms with Crippen LogP contribution in [0.1, 0.15) is 30.2 Å². The van der Waals surface area contributed by atoms with Gasteiger partial charge in [-0.05, 0) is 79.1 Å². The van der Waals surface area contributed by atoms with E-state index in [0.29, 0.717) is 40.4 Å². The molecule has 0 spiro atoms. The molecular weight excluding hydrogens is 654 g/mol. The Morgan fingerprint density at radius 1 is 1.05 bits per heavy atom. The third-order valence-corrected chi connectivity index (χ3v) is 11.8. The highest BCUT2D eigenvalue weighted by atomic mass is 79.9. The molecule has 0 radical (unpaired) electrons. The van der Waals surface area contributed by atoms with Crippen molar-refractivity contribution in [1.82, 2.24) is 19.7 Å². The van der Waals surface area contributed by atoms with Gasteiger partial charge in [-0.25, -0.2) is 12.7 Å². The molecule has 0 amide bonds. The molecule has 1 aromatic carbocycles. The molecule has 0 aliphatic heterocycles. The third kappa shape index (κ3) is 6.81. The molecule has 0 unspecified atom stereocenters. The van der Waals surface area contributed by atoms with E-state index in [2.05, 4.69) is 50.8 Å². The van der Waals surface area contributed by atoms with Crippen LogP contribution in [0.5, 0.6) is 11.5 Å². The van der Waals surface area contributed by atoms with E-state index in [1.54, 1.807) is 60.9 Å². The number of nitrogens with zero attached hydrogens (tertiary/aromatic N) is 5. The summed E-state index contributed by atoms with van der Waals surface area (Å²) in [5, 5.41) is 18.9. The molecule has 3 aromatic heterocycles. The van der Waals surface area contributed by atoms with Crippen LogP contribution < -0.4 is 13.8 Å². The standard InChI is InChI=1S/C29H38BrN5O6SSi/c1-18-12-15-25(41-18)28-32-33-29(35(28)26-23(39-4)10-9-11-24(26)40-5)34(16-17-43(6,7)8)42(37,38)20(3)27(36)22-14-13-21(30)19(2)31-22/h9-15,20,27,36H,16-17H2,1-8H3/t20-,27+/m0/s1. The van der Waals surface area contributed by atoms with Crippen LogP contribution >= 0.6 is 15.9 Å². The zero-order valence-electron chi connectivity index (χ0n) is 25.6. The Bertz CT molecular complexity index is 1680. The third-order valence-electron chi connectivity index (χ3n) is 7.09. The number of halogens is 1. The molecule has 4 rings (SSSR count). The number of para-hydroxylation sites is 1. The van der Waals surface area contributed by atoms with Crippen molar-refractivity contribution in [2.24, 2.45) is 0 Å². The van der Waals surface area contributed by atoms with Crippen LogP contribution in [0.25, 0.3) is 17.3 Å². The fraction of sp³-hybridized carbons (Fsp3) is 0.414. The summed E-state index contributed by atoms with van der Waals surface area (Å²) in [5.41, 5.74) is 1.29. The molecule has 2 atom stereocenters. The van der Waals surface area contributed by atoms with Crippen LogP contribution in [0.3, 0.4) is 0 Å². The highest BCUT2D eigenvalue weighted by molar-refractivity contribution is 9.10. The smallest absolute Gasteiger partial charge is 0.246 e. The van der Waals surface area contributed by atoms with E-state index in [-0.39, 0.29) is 24.0 Å². The molecule has 3 heterocycles. The lowest BCUT2D eigenvalue weighted by molar-refractivity contribution is 0.171. The lowest BCUT2D eigenvalue weighted by Gasteiger charge is -2.31. The number of aliphatic hydroxyl groups excluding tert-OH is 1. The minimum atomic E-state index is -4.26. The fourth-order valence-electron chi connectivity index (χ4n) is 4.52. The van der Waals surface area contributed by atoms with Gasteiger partial charge in [0, 0.05) is 19.1 Å². The monoisotopic (exact) mass is 691 g/mol. The van der Waals surface area contributed by atoms with Crippen LogP contribution in [0, 0.1) is 13.8 Å². The van der Waals surface area contributed by atoms with E-state index in [0.717, 1.165) is 4.47 Å². The zero-order chi connectivity index (χ0) is 31.7. The summed E-state index contributed by atoms with van der Waals surface area (Å²) < 4.78 is 50.0. The predicted octanol–water partition coefficient (Wildman–Crippen LogP) is 5.92. The number of furan rings is 1. The van der Waals surface area contributed by atoms with Gasteiger partial charge in [-0.2, -0.15) is 0 Å². The Morgan fingerprint density at radius 2 is 1.70 bits per heavy atom. The SMILES string of the molecule is COc1cccc(OC)c1-n1c(-c2ccc(C)o2)nnc1N(CC[Si](C)(C)C)S(=O)(=O)[C@@H](C)[C@@H](O)c1ccc(Br)c(C)n1. The minimum Gasteiger partial charge on any atom is -0.494 e. The zero-order valence-corrected chi connectivity index (χ0v) is 29.0. The maximum absolute atomic E-state index is 14.5. The number of aryl methyl sites for hydroxylation is 2. The van der Waals surface area contributed by atoms with Crippen LogP contribution in [0.15, 0.2) is 51.4 Å². The van der Waals surface area contributed by atoms with Crippen molar-refractivity contribution in [1.29, 1.82) is 0 Å². The topological polar surface area (TPSA) is 133 Å². The predicted molar refractivity (Wildman–Crippen MR) is 172 cm³/mol. The van der Waals surface area contributed by atoms with Gasteiger partial charge < -0.3 is 19.0 Å². The van der Waals surface area contributed by atoms with Crippen LogP contribution in [-0.4, -0.2) is 67.4 Å². The second-order valence-electron chi connectivity index (χ2n) is 11.5. The summed E-state index contributed by atoms with van der Waals surface area (Å²) in [5.74, 6) is 2.14. The van der Waals surface area contributed by atoms with Crippen LogP contribution in [0.4, 0.5) is 5.95 Å². The minimum absolute atomic E-state index is 0.0177. The van der Waals surface area contributed by atoms with E-state index < -0.39 is 29.5 Å². The van der Waals surface area contributed by atoms with Gasteiger partial charge in [0.2, 0.25) is 21.8 Å². The molecule has 0 bridgehead atoms. The number of ether oxygens (including phenoxy) is 2. The fourth-order valence-corrected chi connectivity index (χ4v) is 7.36. The van der Waals surface area contributed by atoms with E-state index in [4.69, 9.17) is 13.9 Å². The summed E-state index contributed by atoms with van der Waals surface area (Å²) in [4.78, 5) is 4.43. The number of sulfonamides is 1. The van der Waals surface area contributed by atoms with Crippen molar-refractivity contribution in [3.05, 3.63) is 64.1 Å². The Morgan fingerprint density at radius 3 is 2.23 bits per heavy atom. The number of aromatic nitrogens is 4. The van der Waals surface area contributed by atoms with Crippen molar-refractivity contribution in [3.8, 4) is 28.8 Å². The lowest BCUT2D eigenvalue weighted by atomic mass is 10.1. The Labute approximate surface area is 262 Å². The number of benzene rings is 1. The number of aliphatic hydroxyl groups is 1. The summed E-state index contributed by atoms with van der Waals surface area (Å²) in [6.45, 7) is 11.7. The molecular formula is C29H38BrN5O6SSi. The number of hydrogen-bond acceptors (Lipinski definition) is 9. The van der Waals surface area contributed by atoms with Gasteiger partial charge >= 0.3 is 0 Å². The molecule has 0 fully saturated rings. The second-order valence-corrected chi connectivity index (χ2v) is 20.2. The molecule has 0 aliphatic carbocycles. The Balaban J connectivity index is 1.96. The molecule has 232 valence electrons. The first-order valence-electron chi connectivity index (χ1n) is 13.8. The maximum atomic E-state index is 14.5. The Hall–Kier alpha value is -3.20.